The quantitative estimate of drug-likeness (QED) is 0.219. The van der Waals surface area contributed by atoms with Gasteiger partial charge in [-0.1, -0.05) is 91.0 Å². The second-order valence-electron chi connectivity index (χ2n) is 11.0. The minimum Gasteiger partial charge on any atom is -0.445 e. The van der Waals surface area contributed by atoms with E-state index in [0.29, 0.717) is 5.89 Å². The Kier molecular flexibility index (Phi) is 5.08. The van der Waals surface area contributed by atoms with Crippen LogP contribution in [-0.4, -0.2) is 14.5 Å². The maximum absolute atomic E-state index is 5.65. The lowest BCUT2D eigenvalue weighted by atomic mass is 9.69. The van der Waals surface area contributed by atoms with Crippen molar-refractivity contribution in [3.05, 3.63) is 175 Å². The molecular formula is C39H25N3O. The predicted molar refractivity (Wildman–Crippen MR) is 171 cm³/mol. The minimum atomic E-state index is -0.566. The fourth-order valence-corrected chi connectivity index (χ4v) is 7.18. The van der Waals surface area contributed by atoms with Crippen molar-refractivity contribution in [3.8, 4) is 28.3 Å². The first-order valence-electron chi connectivity index (χ1n) is 14.5. The molecule has 3 heterocycles. The van der Waals surface area contributed by atoms with Crippen molar-refractivity contribution in [3.63, 3.8) is 0 Å². The Balaban J connectivity index is 1.39. The van der Waals surface area contributed by atoms with Crippen LogP contribution in [0.4, 0.5) is 0 Å². The zero-order valence-corrected chi connectivity index (χ0v) is 23.2. The van der Waals surface area contributed by atoms with Crippen molar-refractivity contribution in [2.75, 3.05) is 0 Å². The number of benzene rings is 5. The molecule has 4 heteroatoms. The van der Waals surface area contributed by atoms with E-state index in [1.54, 1.807) is 12.5 Å². The van der Waals surface area contributed by atoms with Gasteiger partial charge >= 0.3 is 0 Å². The number of fused-ring (bicyclic) bond motifs is 6. The molecular weight excluding hydrogens is 526 g/mol. The fraction of sp³-hybridized carbons (Fsp3) is 0.0256. The molecule has 0 saturated heterocycles. The standard InChI is InChI=1S/C39H25N3O/c1-4-15-33-29(12-1)30-13-2-5-16-34(30)39(33,37-18-7-8-21-40-37)27-19-20-32-31-14-3-6-17-35(31)42(36(32)25-27)28-11-9-10-26(24-28)38-41-22-23-43-38/h1-25H. The average molecular weight is 552 g/mol. The summed E-state index contributed by atoms with van der Waals surface area (Å²) in [6.07, 6.45) is 5.20. The molecule has 0 atom stereocenters. The van der Waals surface area contributed by atoms with Gasteiger partial charge in [-0.3, -0.25) is 4.98 Å². The summed E-state index contributed by atoms with van der Waals surface area (Å²) in [5, 5.41) is 2.42. The third kappa shape index (κ3) is 3.32. The molecule has 0 unspecified atom stereocenters. The van der Waals surface area contributed by atoms with Crippen molar-refractivity contribution >= 4 is 21.8 Å². The Hall–Kier alpha value is -5.74. The van der Waals surface area contributed by atoms with Crippen LogP contribution in [0.15, 0.2) is 157 Å². The van der Waals surface area contributed by atoms with Gasteiger partial charge in [0, 0.05) is 28.2 Å². The largest absolute Gasteiger partial charge is 0.445 e. The fourth-order valence-electron chi connectivity index (χ4n) is 7.18. The summed E-state index contributed by atoms with van der Waals surface area (Å²) >= 11 is 0. The highest BCUT2D eigenvalue weighted by atomic mass is 16.3. The molecule has 1 aliphatic carbocycles. The molecule has 8 aromatic rings. The maximum atomic E-state index is 5.65. The Morgan fingerprint density at radius 3 is 2.07 bits per heavy atom. The number of hydrogen-bond acceptors (Lipinski definition) is 3. The summed E-state index contributed by atoms with van der Waals surface area (Å²) in [7, 11) is 0. The van der Waals surface area contributed by atoms with Crippen LogP contribution in [0.25, 0.3) is 50.1 Å². The smallest absolute Gasteiger partial charge is 0.225 e. The van der Waals surface area contributed by atoms with Crippen molar-refractivity contribution in [1.29, 1.82) is 0 Å². The van der Waals surface area contributed by atoms with Gasteiger partial charge in [0.1, 0.15) is 6.26 Å². The van der Waals surface area contributed by atoms with Crippen molar-refractivity contribution in [2.45, 2.75) is 5.41 Å². The van der Waals surface area contributed by atoms with E-state index >= 15 is 0 Å². The van der Waals surface area contributed by atoms with E-state index in [2.05, 4.69) is 131 Å². The van der Waals surface area contributed by atoms with Crippen LogP contribution in [0.2, 0.25) is 0 Å². The van der Waals surface area contributed by atoms with E-state index in [4.69, 9.17) is 9.40 Å². The molecule has 0 bridgehead atoms. The Labute approximate surface area is 248 Å². The highest BCUT2D eigenvalue weighted by Crippen LogP contribution is 2.56. The topological polar surface area (TPSA) is 43.9 Å². The third-order valence-corrected chi connectivity index (χ3v) is 8.89. The number of oxazole rings is 1. The number of hydrogen-bond donors (Lipinski definition) is 0. The SMILES string of the molecule is c1ccc(C2(c3ccc4c5ccccc5n(-c5cccc(-c6ncco6)c5)c4c3)c3ccccc3-c3ccccc32)nc1. The molecule has 0 radical (unpaired) electrons. The summed E-state index contributed by atoms with van der Waals surface area (Å²) in [5.41, 5.74) is 10.9. The number of aromatic nitrogens is 3. The van der Waals surface area contributed by atoms with Crippen LogP contribution < -0.4 is 0 Å². The normalized spacial score (nSPS) is 13.3. The van der Waals surface area contributed by atoms with Crippen molar-refractivity contribution in [1.82, 2.24) is 14.5 Å². The van der Waals surface area contributed by atoms with Gasteiger partial charge in [-0.05, 0) is 70.3 Å². The van der Waals surface area contributed by atoms with E-state index < -0.39 is 5.41 Å². The first-order chi connectivity index (χ1) is 21.3. The van der Waals surface area contributed by atoms with Gasteiger partial charge in [-0.25, -0.2) is 4.98 Å². The Morgan fingerprint density at radius 2 is 1.30 bits per heavy atom. The monoisotopic (exact) mass is 551 g/mol. The molecule has 0 spiro atoms. The number of pyridine rings is 1. The van der Waals surface area contributed by atoms with Gasteiger partial charge in [-0.2, -0.15) is 0 Å². The third-order valence-electron chi connectivity index (χ3n) is 8.89. The van der Waals surface area contributed by atoms with E-state index in [-0.39, 0.29) is 0 Å². The molecule has 5 aromatic carbocycles. The summed E-state index contributed by atoms with van der Waals surface area (Å²) < 4.78 is 8.02. The summed E-state index contributed by atoms with van der Waals surface area (Å²) in [6, 6.07) is 47.8. The molecule has 3 aromatic heterocycles. The Morgan fingerprint density at radius 1 is 0.558 bits per heavy atom. The summed E-state index contributed by atoms with van der Waals surface area (Å²) in [6.45, 7) is 0. The van der Waals surface area contributed by atoms with Gasteiger partial charge in [0.15, 0.2) is 0 Å². The molecule has 4 nitrogen and oxygen atoms in total. The van der Waals surface area contributed by atoms with Crippen LogP contribution in [0.1, 0.15) is 22.4 Å². The lowest BCUT2D eigenvalue weighted by Crippen LogP contribution is -2.29. The van der Waals surface area contributed by atoms with Gasteiger partial charge in [0.25, 0.3) is 0 Å². The van der Waals surface area contributed by atoms with Crippen molar-refractivity contribution < 1.29 is 4.42 Å². The number of rotatable bonds is 4. The van der Waals surface area contributed by atoms with Crippen LogP contribution in [0, 0.1) is 0 Å². The van der Waals surface area contributed by atoms with E-state index in [1.165, 1.54) is 38.6 Å². The lowest BCUT2D eigenvalue weighted by Gasteiger charge is -2.32. The average Bonchev–Trinajstić information content (AvgIpc) is 3.80. The molecule has 0 N–H and O–H groups in total. The zero-order chi connectivity index (χ0) is 28.4. The molecule has 202 valence electrons. The lowest BCUT2D eigenvalue weighted by molar-refractivity contribution is 0.574. The molecule has 0 fully saturated rings. The van der Waals surface area contributed by atoms with Crippen LogP contribution in [0.5, 0.6) is 0 Å². The number of nitrogens with zero attached hydrogens (tertiary/aromatic N) is 3. The molecule has 9 rings (SSSR count). The van der Waals surface area contributed by atoms with Crippen LogP contribution in [0.3, 0.4) is 0 Å². The molecule has 0 amide bonds. The first kappa shape index (κ1) is 23.9. The second-order valence-corrected chi connectivity index (χ2v) is 11.0. The zero-order valence-electron chi connectivity index (χ0n) is 23.2. The van der Waals surface area contributed by atoms with Gasteiger partial charge in [0.2, 0.25) is 5.89 Å². The van der Waals surface area contributed by atoms with Gasteiger partial charge in [0.05, 0.1) is 28.3 Å². The van der Waals surface area contributed by atoms with E-state index in [9.17, 15) is 0 Å². The first-order valence-corrected chi connectivity index (χ1v) is 14.5. The number of para-hydroxylation sites is 1. The molecule has 43 heavy (non-hydrogen) atoms. The van der Waals surface area contributed by atoms with Gasteiger partial charge in [-0.15, -0.1) is 0 Å². The Bertz CT molecular complexity index is 2250. The van der Waals surface area contributed by atoms with Gasteiger partial charge < -0.3 is 8.98 Å². The minimum absolute atomic E-state index is 0.566. The molecule has 1 aliphatic rings. The highest BCUT2D eigenvalue weighted by Gasteiger charge is 2.47. The maximum Gasteiger partial charge on any atom is 0.225 e. The van der Waals surface area contributed by atoms with E-state index in [0.717, 1.165) is 28.0 Å². The molecule has 0 aliphatic heterocycles. The molecule has 0 saturated carbocycles. The van der Waals surface area contributed by atoms with E-state index in [1.807, 2.05) is 18.3 Å². The summed E-state index contributed by atoms with van der Waals surface area (Å²) in [4.78, 5) is 9.43. The predicted octanol–water partition coefficient (Wildman–Crippen LogP) is 9.20. The van der Waals surface area contributed by atoms with Crippen LogP contribution in [-0.2, 0) is 5.41 Å². The summed E-state index contributed by atoms with van der Waals surface area (Å²) in [5.74, 6) is 0.608. The van der Waals surface area contributed by atoms with Crippen molar-refractivity contribution in [2.24, 2.45) is 0 Å². The highest BCUT2D eigenvalue weighted by molar-refractivity contribution is 6.09. The second kappa shape index (κ2) is 9.13. The van der Waals surface area contributed by atoms with Crippen LogP contribution >= 0.6 is 0 Å².